The number of benzene rings is 4. The number of nitrogens with one attached hydrogen (secondary N) is 1. The molecule has 0 aliphatic carbocycles. The average Bonchev–Trinajstić information content (AvgIpc) is 3.04. The Kier molecular flexibility index (Phi) is 11.6. The summed E-state index contributed by atoms with van der Waals surface area (Å²) in [6, 6.07) is 29.5. The fourth-order valence-electron chi connectivity index (χ4n) is 5.09. The molecule has 2 amide bonds. The summed E-state index contributed by atoms with van der Waals surface area (Å²) >= 11 is 0. The highest BCUT2D eigenvalue weighted by Crippen LogP contribution is 2.26. The van der Waals surface area contributed by atoms with Gasteiger partial charge in [0.2, 0.25) is 11.8 Å². The molecule has 0 unspecified atom stereocenters. The van der Waals surface area contributed by atoms with Gasteiger partial charge in [-0.25, -0.2) is 8.42 Å². The number of amides is 2. The van der Waals surface area contributed by atoms with Gasteiger partial charge in [-0.1, -0.05) is 86.1 Å². The third-order valence-electron chi connectivity index (χ3n) is 7.62. The van der Waals surface area contributed by atoms with Gasteiger partial charge in [0.05, 0.1) is 17.7 Å². The predicted molar refractivity (Wildman–Crippen MR) is 182 cm³/mol. The summed E-state index contributed by atoms with van der Waals surface area (Å²) in [5.74, 6) is -0.0182. The van der Waals surface area contributed by atoms with E-state index in [1.54, 1.807) is 55.6 Å². The molecule has 0 radical (unpaired) electrons. The lowest BCUT2D eigenvalue weighted by atomic mass is 10.0. The normalized spacial score (nSPS) is 12.0. The van der Waals surface area contributed by atoms with Crippen LogP contribution in [0.5, 0.6) is 5.75 Å². The first-order valence-corrected chi connectivity index (χ1v) is 16.8. The van der Waals surface area contributed by atoms with Crippen LogP contribution in [0.3, 0.4) is 0 Å². The molecule has 8 nitrogen and oxygen atoms in total. The molecular weight excluding hydrogens is 598 g/mol. The molecule has 4 rings (SSSR count). The Morgan fingerprint density at radius 3 is 2.13 bits per heavy atom. The minimum Gasteiger partial charge on any atom is -0.497 e. The molecule has 0 spiro atoms. The van der Waals surface area contributed by atoms with Crippen molar-refractivity contribution >= 4 is 27.5 Å². The van der Waals surface area contributed by atoms with Crippen molar-refractivity contribution in [3.63, 3.8) is 0 Å². The molecule has 0 saturated carbocycles. The lowest BCUT2D eigenvalue weighted by Crippen LogP contribution is -2.53. The van der Waals surface area contributed by atoms with Crippen LogP contribution in [0.15, 0.2) is 108 Å². The highest BCUT2D eigenvalue weighted by molar-refractivity contribution is 7.92. The molecule has 0 aromatic heterocycles. The lowest BCUT2D eigenvalue weighted by Gasteiger charge is -2.34. The zero-order valence-corrected chi connectivity index (χ0v) is 28.0. The van der Waals surface area contributed by atoms with Crippen molar-refractivity contribution in [3.8, 4) is 5.75 Å². The summed E-state index contributed by atoms with van der Waals surface area (Å²) < 4.78 is 34.9. The van der Waals surface area contributed by atoms with Crippen molar-refractivity contribution in [1.29, 1.82) is 0 Å². The number of nitrogens with zero attached hydrogens (tertiary/aromatic N) is 2. The van der Waals surface area contributed by atoms with Crippen molar-refractivity contribution in [3.05, 3.63) is 125 Å². The van der Waals surface area contributed by atoms with E-state index in [2.05, 4.69) is 5.32 Å². The van der Waals surface area contributed by atoms with Gasteiger partial charge in [0.25, 0.3) is 10.0 Å². The molecule has 1 N–H and O–H groups in total. The number of methoxy groups -OCH3 is 1. The van der Waals surface area contributed by atoms with Gasteiger partial charge in [-0.2, -0.15) is 0 Å². The van der Waals surface area contributed by atoms with Crippen LogP contribution >= 0.6 is 0 Å². The van der Waals surface area contributed by atoms with Gasteiger partial charge >= 0.3 is 0 Å². The van der Waals surface area contributed by atoms with Gasteiger partial charge < -0.3 is 15.0 Å². The Bertz CT molecular complexity index is 1720. The summed E-state index contributed by atoms with van der Waals surface area (Å²) in [4.78, 5) is 30.0. The molecule has 0 aliphatic heterocycles. The molecule has 46 heavy (non-hydrogen) atoms. The Hall–Kier alpha value is -4.63. The van der Waals surface area contributed by atoms with Crippen molar-refractivity contribution in [2.75, 3.05) is 24.5 Å². The maximum Gasteiger partial charge on any atom is 0.264 e. The highest BCUT2D eigenvalue weighted by atomic mass is 32.2. The van der Waals surface area contributed by atoms with Crippen molar-refractivity contribution < 1.29 is 22.7 Å². The van der Waals surface area contributed by atoms with E-state index in [1.807, 2.05) is 82.3 Å². The topological polar surface area (TPSA) is 96.0 Å². The van der Waals surface area contributed by atoms with Crippen molar-refractivity contribution in [2.24, 2.45) is 5.92 Å². The molecule has 1 atom stereocenters. The molecule has 0 saturated heterocycles. The van der Waals surface area contributed by atoms with E-state index < -0.39 is 28.5 Å². The van der Waals surface area contributed by atoms with Gasteiger partial charge in [-0.05, 0) is 72.9 Å². The van der Waals surface area contributed by atoms with Crippen molar-refractivity contribution in [2.45, 2.75) is 51.6 Å². The predicted octanol–water partition coefficient (Wildman–Crippen LogP) is 5.92. The summed E-state index contributed by atoms with van der Waals surface area (Å²) in [6.45, 7) is 7.74. The molecule has 0 fully saturated rings. The lowest BCUT2D eigenvalue weighted by molar-refractivity contribution is -0.140. The fourth-order valence-corrected chi connectivity index (χ4v) is 6.50. The first-order chi connectivity index (χ1) is 22.0. The number of sulfonamides is 1. The number of anilines is 1. The van der Waals surface area contributed by atoms with Gasteiger partial charge in [0.15, 0.2) is 0 Å². The number of rotatable bonds is 14. The summed E-state index contributed by atoms with van der Waals surface area (Å²) in [5, 5.41) is 3.01. The standard InChI is InChI=1S/C37H43N3O5S/c1-27(2)24-38-37(42)35(23-30-12-7-6-8-13-30)39(25-31-14-10-16-33(22-31)45-5)36(41)26-40(32-15-9-11-29(4)21-32)46(43,44)34-19-17-28(3)18-20-34/h6-22,27,35H,23-26H2,1-5H3,(H,38,42)/t35-/m1/s1. The van der Waals surface area contributed by atoms with Crippen molar-refractivity contribution in [1.82, 2.24) is 10.2 Å². The van der Waals surface area contributed by atoms with Gasteiger partial charge in [0, 0.05) is 19.5 Å². The number of hydrogen-bond donors (Lipinski definition) is 1. The number of ether oxygens (including phenoxy) is 1. The van der Waals surface area contributed by atoms with Gasteiger partial charge in [-0.3, -0.25) is 13.9 Å². The smallest absolute Gasteiger partial charge is 0.264 e. The maximum absolute atomic E-state index is 14.6. The summed E-state index contributed by atoms with van der Waals surface area (Å²) in [7, 11) is -2.60. The molecule has 0 bridgehead atoms. The SMILES string of the molecule is COc1cccc(CN(C(=O)CN(c2cccc(C)c2)S(=O)(=O)c2ccc(C)cc2)[C@H](Cc2ccccc2)C(=O)NCC(C)C)c1. The Morgan fingerprint density at radius 1 is 0.804 bits per heavy atom. The van der Waals surface area contributed by atoms with Crippen LogP contribution in [0.1, 0.15) is 36.1 Å². The summed E-state index contributed by atoms with van der Waals surface area (Å²) in [5.41, 5.74) is 3.73. The number of hydrogen-bond acceptors (Lipinski definition) is 5. The van der Waals surface area contributed by atoms with E-state index in [4.69, 9.17) is 4.74 Å². The number of aryl methyl sites for hydroxylation is 2. The van der Waals surface area contributed by atoms with Crippen LogP contribution in [0.4, 0.5) is 5.69 Å². The van der Waals surface area contributed by atoms with Crippen LogP contribution in [0.2, 0.25) is 0 Å². The molecular formula is C37H43N3O5S. The van der Waals surface area contributed by atoms with E-state index in [0.29, 0.717) is 18.0 Å². The van der Waals surface area contributed by atoms with Crippen LogP contribution in [0, 0.1) is 19.8 Å². The maximum atomic E-state index is 14.6. The van der Waals surface area contributed by atoms with E-state index in [1.165, 1.54) is 4.90 Å². The molecule has 0 heterocycles. The fraction of sp³-hybridized carbons (Fsp3) is 0.297. The van der Waals surface area contributed by atoms with E-state index in [-0.39, 0.29) is 29.7 Å². The molecule has 242 valence electrons. The Labute approximate surface area is 273 Å². The van der Waals surface area contributed by atoms with E-state index in [0.717, 1.165) is 26.6 Å². The zero-order valence-electron chi connectivity index (χ0n) is 27.1. The molecule has 0 aliphatic rings. The second-order valence-electron chi connectivity index (χ2n) is 11.9. The van der Waals surface area contributed by atoms with Gasteiger partial charge in [0.1, 0.15) is 18.3 Å². The van der Waals surface area contributed by atoms with E-state index >= 15 is 0 Å². The summed E-state index contributed by atoms with van der Waals surface area (Å²) in [6.07, 6.45) is 0.246. The quantitative estimate of drug-likeness (QED) is 0.185. The second kappa shape index (κ2) is 15.6. The first kappa shape index (κ1) is 34.2. The third kappa shape index (κ3) is 8.97. The third-order valence-corrected chi connectivity index (χ3v) is 9.41. The van der Waals surface area contributed by atoms with Crippen LogP contribution in [0.25, 0.3) is 0 Å². The minimum absolute atomic E-state index is 0.0644. The largest absolute Gasteiger partial charge is 0.497 e. The zero-order chi connectivity index (χ0) is 33.3. The number of carbonyl (C=O) groups excluding carboxylic acids is 2. The Balaban J connectivity index is 1.81. The molecule has 4 aromatic rings. The second-order valence-corrected chi connectivity index (χ2v) is 13.7. The first-order valence-electron chi connectivity index (χ1n) is 15.4. The molecule has 9 heteroatoms. The highest BCUT2D eigenvalue weighted by Gasteiger charge is 2.34. The van der Waals surface area contributed by atoms with Gasteiger partial charge in [-0.15, -0.1) is 0 Å². The molecule has 4 aromatic carbocycles. The number of carbonyl (C=O) groups is 2. The Morgan fingerprint density at radius 2 is 1.48 bits per heavy atom. The van der Waals surface area contributed by atoms with Crippen LogP contribution in [-0.4, -0.2) is 51.4 Å². The average molecular weight is 642 g/mol. The van der Waals surface area contributed by atoms with Crippen LogP contribution in [-0.2, 0) is 32.6 Å². The monoisotopic (exact) mass is 641 g/mol. The van der Waals surface area contributed by atoms with Crippen LogP contribution < -0.4 is 14.4 Å². The minimum atomic E-state index is -4.16. The van der Waals surface area contributed by atoms with E-state index in [9.17, 15) is 18.0 Å².